The zero-order chi connectivity index (χ0) is 16.4. The van der Waals surface area contributed by atoms with E-state index in [2.05, 4.69) is 10.4 Å². The van der Waals surface area contributed by atoms with E-state index in [0.717, 1.165) is 37.3 Å². The summed E-state index contributed by atoms with van der Waals surface area (Å²) in [5.41, 5.74) is 2.31. The quantitative estimate of drug-likeness (QED) is 0.936. The molecule has 1 amide bonds. The van der Waals surface area contributed by atoms with Crippen molar-refractivity contribution in [2.75, 3.05) is 20.1 Å². The summed E-state index contributed by atoms with van der Waals surface area (Å²) in [5.74, 6) is 0.0699. The van der Waals surface area contributed by atoms with Gasteiger partial charge >= 0.3 is 0 Å². The number of carbonyl (C=O) groups is 1. The SMILES string of the molecule is CNCC1CCCN1C(=O)c1cn(-c2ccc(Cl)cc2)nc1C. The summed E-state index contributed by atoms with van der Waals surface area (Å²) in [4.78, 5) is 14.8. The number of aryl methyl sites for hydroxylation is 1. The summed E-state index contributed by atoms with van der Waals surface area (Å²) in [6.45, 7) is 3.52. The van der Waals surface area contributed by atoms with Crippen molar-refractivity contribution in [2.24, 2.45) is 0 Å². The minimum Gasteiger partial charge on any atom is -0.334 e. The number of nitrogens with zero attached hydrogens (tertiary/aromatic N) is 3. The van der Waals surface area contributed by atoms with Gasteiger partial charge in [-0.15, -0.1) is 0 Å². The number of carbonyl (C=O) groups excluding carboxylic acids is 1. The molecule has 0 radical (unpaired) electrons. The summed E-state index contributed by atoms with van der Waals surface area (Å²) < 4.78 is 1.74. The van der Waals surface area contributed by atoms with E-state index in [4.69, 9.17) is 11.6 Å². The zero-order valence-corrected chi connectivity index (χ0v) is 14.2. The number of benzene rings is 1. The maximum absolute atomic E-state index is 12.9. The lowest BCUT2D eigenvalue weighted by Crippen LogP contribution is -2.40. The molecular weight excluding hydrogens is 312 g/mol. The Labute approximate surface area is 141 Å². The van der Waals surface area contributed by atoms with Gasteiger partial charge in [-0.25, -0.2) is 4.68 Å². The second-order valence-electron chi connectivity index (χ2n) is 5.90. The van der Waals surface area contributed by atoms with Gasteiger partial charge in [0.15, 0.2) is 0 Å². The molecule has 122 valence electrons. The largest absolute Gasteiger partial charge is 0.334 e. The third kappa shape index (κ3) is 3.26. The second-order valence-corrected chi connectivity index (χ2v) is 6.34. The number of hydrogen-bond donors (Lipinski definition) is 1. The highest BCUT2D eigenvalue weighted by molar-refractivity contribution is 6.30. The standard InChI is InChI=1S/C17H21ClN4O/c1-12-16(17(23)21-9-3-4-15(21)10-19-2)11-22(20-12)14-7-5-13(18)6-8-14/h5-8,11,15,19H,3-4,9-10H2,1-2H3. The molecule has 0 spiro atoms. The van der Waals surface area contributed by atoms with Gasteiger partial charge in [0.2, 0.25) is 0 Å². The van der Waals surface area contributed by atoms with Gasteiger partial charge in [0.05, 0.1) is 16.9 Å². The molecular formula is C17H21ClN4O. The Morgan fingerprint density at radius 2 is 2.13 bits per heavy atom. The van der Waals surface area contributed by atoms with Gasteiger partial charge in [0.1, 0.15) is 0 Å². The smallest absolute Gasteiger partial charge is 0.257 e. The van der Waals surface area contributed by atoms with Crippen LogP contribution >= 0.6 is 11.6 Å². The normalized spacial score (nSPS) is 17.7. The number of amides is 1. The first-order valence-corrected chi connectivity index (χ1v) is 8.25. The molecule has 3 rings (SSSR count). The highest BCUT2D eigenvalue weighted by Crippen LogP contribution is 2.22. The maximum Gasteiger partial charge on any atom is 0.257 e. The van der Waals surface area contributed by atoms with Crippen LogP contribution in [0.25, 0.3) is 5.69 Å². The Morgan fingerprint density at radius 3 is 2.83 bits per heavy atom. The second kappa shape index (κ2) is 6.72. The lowest BCUT2D eigenvalue weighted by molar-refractivity contribution is 0.0736. The molecule has 1 saturated heterocycles. The van der Waals surface area contributed by atoms with Crippen LogP contribution < -0.4 is 5.32 Å². The highest BCUT2D eigenvalue weighted by Gasteiger charge is 2.30. The Balaban J connectivity index is 1.85. The van der Waals surface area contributed by atoms with Crippen LogP contribution in [-0.2, 0) is 0 Å². The van der Waals surface area contributed by atoms with Crippen molar-refractivity contribution in [1.29, 1.82) is 0 Å². The van der Waals surface area contributed by atoms with Crippen LogP contribution in [0.3, 0.4) is 0 Å². The van der Waals surface area contributed by atoms with E-state index < -0.39 is 0 Å². The molecule has 1 aliphatic heterocycles. The van der Waals surface area contributed by atoms with Crippen LogP contribution in [0.2, 0.25) is 5.02 Å². The van der Waals surface area contributed by atoms with Crippen LogP contribution in [0.4, 0.5) is 0 Å². The number of nitrogens with one attached hydrogen (secondary N) is 1. The zero-order valence-electron chi connectivity index (χ0n) is 13.4. The van der Waals surface area contributed by atoms with E-state index in [9.17, 15) is 4.79 Å². The molecule has 2 aromatic rings. The molecule has 1 N–H and O–H groups in total. The topological polar surface area (TPSA) is 50.2 Å². The third-order valence-electron chi connectivity index (χ3n) is 4.30. The molecule has 1 aliphatic rings. The number of rotatable bonds is 4. The fourth-order valence-corrected chi connectivity index (χ4v) is 3.23. The summed E-state index contributed by atoms with van der Waals surface area (Å²) in [5, 5.41) is 8.34. The molecule has 1 atom stereocenters. The maximum atomic E-state index is 12.9. The van der Waals surface area contributed by atoms with Crippen LogP contribution in [0, 0.1) is 6.92 Å². The molecule has 2 heterocycles. The monoisotopic (exact) mass is 332 g/mol. The summed E-state index contributed by atoms with van der Waals surface area (Å²) in [6.07, 6.45) is 3.93. The molecule has 0 saturated carbocycles. The summed E-state index contributed by atoms with van der Waals surface area (Å²) in [6, 6.07) is 7.69. The van der Waals surface area contributed by atoms with Crippen LogP contribution in [-0.4, -0.2) is 46.8 Å². The van der Waals surface area contributed by atoms with Gasteiger partial charge in [-0.05, 0) is 51.1 Å². The number of halogens is 1. The average molecular weight is 333 g/mol. The van der Waals surface area contributed by atoms with E-state index in [1.165, 1.54) is 0 Å². The van der Waals surface area contributed by atoms with Crippen LogP contribution in [0.15, 0.2) is 30.5 Å². The van der Waals surface area contributed by atoms with Gasteiger partial charge in [-0.3, -0.25) is 4.79 Å². The van der Waals surface area contributed by atoms with E-state index in [-0.39, 0.29) is 11.9 Å². The predicted molar refractivity (Wildman–Crippen MR) is 91.3 cm³/mol. The van der Waals surface area contributed by atoms with Crippen molar-refractivity contribution >= 4 is 17.5 Å². The minimum absolute atomic E-state index is 0.0699. The Morgan fingerprint density at radius 1 is 1.39 bits per heavy atom. The summed E-state index contributed by atoms with van der Waals surface area (Å²) >= 11 is 5.92. The highest BCUT2D eigenvalue weighted by atomic mass is 35.5. The van der Waals surface area contributed by atoms with Crippen molar-refractivity contribution in [2.45, 2.75) is 25.8 Å². The number of likely N-dealkylation sites (tertiary alicyclic amines) is 1. The van der Waals surface area contributed by atoms with E-state index in [0.29, 0.717) is 10.6 Å². The first kappa shape index (κ1) is 16.0. The number of hydrogen-bond acceptors (Lipinski definition) is 3. The molecule has 1 unspecified atom stereocenters. The van der Waals surface area contributed by atoms with Crippen molar-refractivity contribution < 1.29 is 4.79 Å². The predicted octanol–water partition coefficient (Wildman–Crippen LogP) is 2.66. The first-order valence-electron chi connectivity index (χ1n) is 7.88. The molecule has 5 nitrogen and oxygen atoms in total. The Hall–Kier alpha value is -1.85. The molecule has 0 bridgehead atoms. The van der Waals surface area contributed by atoms with Gasteiger partial charge in [-0.2, -0.15) is 5.10 Å². The van der Waals surface area contributed by atoms with Gasteiger partial charge < -0.3 is 10.2 Å². The van der Waals surface area contributed by atoms with E-state index in [1.54, 1.807) is 4.68 Å². The van der Waals surface area contributed by atoms with Crippen molar-refractivity contribution in [3.8, 4) is 5.69 Å². The van der Waals surface area contributed by atoms with Crippen LogP contribution in [0.5, 0.6) is 0 Å². The number of aromatic nitrogens is 2. The molecule has 1 aromatic carbocycles. The molecule has 23 heavy (non-hydrogen) atoms. The average Bonchev–Trinajstić information content (AvgIpc) is 3.15. The molecule has 1 aromatic heterocycles. The fourth-order valence-electron chi connectivity index (χ4n) is 3.10. The first-order chi connectivity index (χ1) is 11.1. The Bertz CT molecular complexity index is 695. The van der Waals surface area contributed by atoms with Gasteiger partial charge in [-0.1, -0.05) is 11.6 Å². The van der Waals surface area contributed by atoms with Crippen molar-refractivity contribution in [3.05, 3.63) is 46.7 Å². The third-order valence-corrected chi connectivity index (χ3v) is 4.55. The van der Waals surface area contributed by atoms with Crippen LogP contribution in [0.1, 0.15) is 28.9 Å². The molecule has 1 fully saturated rings. The lowest BCUT2D eigenvalue weighted by Gasteiger charge is -2.24. The van der Waals surface area contributed by atoms with Crippen molar-refractivity contribution in [1.82, 2.24) is 20.0 Å². The van der Waals surface area contributed by atoms with Gasteiger partial charge in [0.25, 0.3) is 5.91 Å². The molecule has 6 heteroatoms. The van der Waals surface area contributed by atoms with E-state index >= 15 is 0 Å². The van der Waals surface area contributed by atoms with Gasteiger partial charge in [0, 0.05) is 30.4 Å². The van der Waals surface area contributed by atoms with E-state index in [1.807, 2.05) is 49.3 Å². The lowest BCUT2D eigenvalue weighted by atomic mass is 10.2. The summed E-state index contributed by atoms with van der Waals surface area (Å²) in [7, 11) is 1.92. The molecule has 0 aliphatic carbocycles. The number of likely N-dealkylation sites (N-methyl/N-ethyl adjacent to an activating group) is 1. The minimum atomic E-state index is 0.0699. The fraction of sp³-hybridized carbons (Fsp3) is 0.412. The Kier molecular flexibility index (Phi) is 4.68. The van der Waals surface area contributed by atoms with Crippen molar-refractivity contribution in [3.63, 3.8) is 0 Å².